The molecule has 14 unspecified atom stereocenters. The number of hydrogen-bond donors (Lipinski definition) is 0. The second-order valence-corrected chi connectivity index (χ2v) is 20.7. The maximum atomic E-state index is 3.18. The van der Waals surface area contributed by atoms with E-state index in [0.29, 0.717) is 70.9 Å². The van der Waals surface area contributed by atoms with E-state index in [-0.39, 0.29) is 0 Å². The topological polar surface area (TPSA) is 6.48 Å². The van der Waals surface area contributed by atoms with Crippen LogP contribution in [0.25, 0.3) is 0 Å². The van der Waals surface area contributed by atoms with Crippen LogP contribution in [-0.2, 0) is 0 Å². The van der Waals surface area contributed by atoms with Gasteiger partial charge < -0.3 is 9.80 Å². The summed E-state index contributed by atoms with van der Waals surface area (Å²) >= 11 is 0. The predicted molar refractivity (Wildman–Crippen MR) is 244 cm³/mol. The molecule has 0 aromatic carbocycles. The molecule has 1 spiro atoms. The number of allylic oxidation sites excluding steroid dienone is 22. The molecule has 0 amide bonds. The fourth-order valence-corrected chi connectivity index (χ4v) is 16.5. The van der Waals surface area contributed by atoms with Crippen molar-refractivity contribution in [2.45, 2.75) is 127 Å². The summed E-state index contributed by atoms with van der Waals surface area (Å²) < 4.78 is 0. The van der Waals surface area contributed by atoms with Crippen LogP contribution in [0.4, 0.5) is 0 Å². The van der Waals surface area contributed by atoms with Crippen LogP contribution in [0.1, 0.15) is 109 Å². The highest BCUT2D eigenvalue weighted by Crippen LogP contribution is 2.76. The molecule has 2 nitrogen and oxygen atoms in total. The highest BCUT2D eigenvalue weighted by molar-refractivity contribution is 5.45. The van der Waals surface area contributed by atoms with Crippen LogP contribution >= 0.6 is 0 Å². The van der Waals surface area contributed by atoms with E-state index in [9.17, 15) is 0 Å². The zero-order chi connectivity index (χ0) is 38.9. The van der Waals surface area contributed by atoms with E-state index < -0.39 is 0 Å². The third kappa shape index (κ3) is 5.83. The molecule has 12 aliphatic carbocycles. The number of rotatable bonds is 6. The normalized spacial score (nSPS) is 43.3. The van der Waals surface area contributed by atoms with Gasteiger partial charge in [-0.25, -0.2) is 0 Å². The molecule has 0 aliphatic heterocycles. The lowest BCUT2D eigenvalue weighted by molar-refractivity contribution is 0.000579. The molecule has 2 saturated carbocycles. The zero-order valence-corrected chi connectivity index (χ0v) is 35.5. The summed E-state index contributed by atoms with van der Waals surface area (Å²) in [6, 6.07) is 1.50. The molecule has 0 heterocycles. The van der Waals surface area contributed by atoms with E-state index in [1.165, 1.54) is 101 Å². The fraction of sp³-hybridized carbons (Fsp3) is 0.544. The standard InChI is InChI=1S/C57H68N2/c1-4-20-40(21-5-1)58(41-22-6-2-7-23-41)43-35-36-47-46-28-14-16-31-50(46)57(53(47)38-43)51-32-17-15-30-49(51)56-52(57)33-18-34-54(56)59(42-24-8-3-9-25-42)55-37-39-19-10-11-26-44(39)45-27-12-13-29-48(45)55/h1,4,6,8,11-12,14-15,18,20,22-24,26-28,30,33-36,39,42-43,46-53,55-56H,2-3,5,7,9-10,13,16-17,19,21,25,29,31-32,37-38H2. The summed E-state index contributed by atoms with van der Waals surface area (Å²) in [7, 11) is 0. The quantitative estimate of drug-likeness (QED) is 0.248. The van der Waals surface area contributed by atoms with Crippen LogP contribution in [0.2, 0.25) is 0 Å². The molecule has 0 saturated heterocycles. The SMILES string of the molecule is C1=CCCC(N(C2=CCCC=C2)C2C=CC3C4C=CCCC4C4(C5C=CC=C(N(C6C=CCCC6)C6CC7CCC=CC7=C7C=CCCC76)C5C5C=CCCC54)C3C2)=C1. The van der Waals surface area contributed by atoms with Gasteiger partial charge in [-0.3, -0.25) is 0 Å². The summed E-state index contributed by atoms with van der Waals surface area (Å²) in [5.74, 6) is 6.63. The molecule has 12 aliphatic rings. The third-order valence-electron chi connectivity index (χ3n) is 18.3. The molecule has 59 heavy (non-hydrogen) atoms. The Morgan fingerprint density at radius 2 is 1.34 bits per heavy atom. The fourth-order valence-electron chi connectivity index (χ4n) is 16.5. The van der Waals surface area contributed by atoms with Gasteiger partial charge in [0.25, 0.3) is 0 Å². The first kappa shape index (κ1) is 37.0. The molecule has 2 fully saturated rings. The van der Waals surface area contributed by atoms with Crippen LogP contribution in [0.3, 0.4) is 0 Å². The van der Waals surface area contributed by atoms with Gasteiger partial charge in [0, 0.05) is 41.0 Å². The van der Waals surface area contributed by atoms with Crippen molar-refractivity contribution in [3.8, 4) is 0 Å². The van der Waals surface area contributed by atoms with Crippen LogP contribution in [0.15, 0.2) is 156 Å². The Morgan fingerprint density at radius 3 is 2.17 bits per heavy atom. The second-order valence-electron chi connectivity index (χ2n) is 20.7. The van der Waals surface area contributed by atoms with Crippen LogP contribution in [0, 0.1) is 64.6 Å². The van der Waals surface area contributed by atoms with Crippen molar-refractivity contribution in [2.24, 2.45) is 64.6 Å². The van der Waals surface area contributed by atoms with Gasteiger partial charge in [-0.2, -0.15) is 0 Å². The van der Waals surface area contributed by atoms with E-state index in [2.05, 4.69) is 137 Å². The lowest BCUT2D eigenvalue weighted by atomic mass is 9.54. The van der Waals surface area contributed by atoms with Gasteiger partial charge in [0.15, 0.2) is 0 Å². The first-order chi connectivity index (χ1) is 29.3. The van der Waals surface area contributed by atoms with Crippen molar-refractivity contribution in [3.05, 3.63) is 156 Å². The Bertz CT molecular complexity index is 2080. The van der Waals surface area contributed by atoms with Gasteiger partial charge in [-0.1, -0.05) is 109 Å². The molecule has 12 rings (SSSR count). The Balaban J connectivity index is 0.979. The molecular weight excluding hydrogens is 713 g/mol. The molecule has 0 N–H and O–H groups in total. The van der Waals surface area contributed by atoms with Crippen molar-refractivity contribution in [1.82, 2.24) is 9.80 Å². The van der Waals surface area contributed by atoms with Crippen LogP contribution in [-0.4, -0.2) is 27.9 Å². The highest BCUT2D eigenvalue weighted by atomic mass is 15.2. The molecule has 14 atom stereocenters. The summed E-state index contributed by atoms with van der Waals surface area (Å²) in [4.78, 5) is 6.00. The summed E-state index contributed by atoms with van der Waals surface area (Å²) in [5.41, 5.74) is 8.43. The first-order valence-electron chi connectivity index (χ1n) is 24.7. The maximum Gasteiger partial charge on any atom is 0.0522 e. The number of nitrogens with zero attached hydrogens (tertiary/aromatic N) is 2. The minimum atomic E-state index is 0.309. The third-order valence-corrected chi connectivity index (χ3v) is 18.3. The average Bonchev–Trinajstić information content (AvgIpc) is 3.78. The van der Waals surface area contributed by atoms with Crippen molar-refractivity contribution < 1.29 is 0 Å². The lowest BCUT2D eigenvalue weighted by Gasteiger charge is -2.53. The minimum absolute atomic E-state index is 0.309. The largest absolute Gasteiger partial charge is 0.364 e. The summed E-state index contributed by atoms with van der Waals surface area (Å²) in [6.45, 7) is 0. The Kier molecular flexibility index (Phi) is 9.59. The molecule has 306 valence electrons. The highest BCUT2D eigenvalue weighted by Gasteiger charge is 2.72. The molecule has 0 bridgehead atoms. The molecular formula is C57H68N2. The van der Waals surface area contributed by atoms with E-state index in [1.54, 1.807) is 16.8 Å². The predicted octanol–water partition coefficient (Wildman–Crippen LogP) is 13.6. The summed E-state index contributed by atoms with van der Waals surface area (Å²) in [5, 5.41) is 0. The van der Waals surface area contributed by atoms with Crippen molar-refractivity contribution in [3.63, 3.8) is 0 Å². The minimum Gasteiger partial charge on any atom is -0.364 e. The van der Waals surface area contributed by atoms with Crippen LogP contribution < -0.4 is 0 Å². The van der Waals surface area contributed by atoms with Gasteiger partial charge in [0.05, 0.1) is 6.04 Å². The summed E-state index contributed by atoms with van der Waals surface area (Å²) in [6.07, 6.45) is 75.9. The van der Waals surface area contributed by atoms with Crippen molar-refractivity contribution in [2.75, 3.05) is 0 Å². The van der Waals surface area contributed by atoms with Gasteiger partial charge >= 0.3 is 0 Å². The first-order valence-corrected chi connectivity index (χ1v) is 24.7. The molecule has 0 aromatic heterocycles. The lowest BCUT2D eigenvalue weighted by Crippen LogP contribution is -2.52. The molecule has 2 heteroatoms. The second kappa shape index (κ2) is 15.3. The molecule has 0 radical (unpaired) electrons. The van der Waals surface area contributed by atoms with Gasteiger partial charge in [0.2, 0.25) is 0 Å². The van der Waals surface area contributed by atoms with E-state index >= 15 is 0 Å². The van der Waals surface area contributed by atoms with E-state index in [4.69, 9.17) is 0 Å². The van der Waals surface area contributed by atoms with E-state index in [0.717, 1.165) is 31.1 Å². The van der Waals surface area contributed by atoms with Gasteiger partial charge in [0.1, 0.15) is 0 Å². The Labute approximate surface area is 356 Å². The zero-order valence-electron chi connectivity index (χ0n) is 35.5. The molecule has 0 aromatic rings. The van der Waals surface area contributed by atoms with Crippen molar-refractivity contribution >= 4 is 0 Å². The number of fused-ring (bicyclic) bond motifs is 12. The Morgan fingerprint density at radius 1 is 0.542 bits per heavy atom. The number of hydrogen-bond acceptors (Lipinski definition) is 2. The monoisotopic (exact) mass is 781 g/mol. The maximum absolute atomic E-state index is 3.18. The van der Waals surface area contributed by atoms with Gasteiger partial charge in [-0.05, 0) is 191 Å². The van der Waals surface area contributed by atoms with Crippen molar-refractivity contribution in [1.29, 1.82) is 0 Å². The smallest absolute Gasteiger partial charge is 0.0522 e. The van der Waals surface area contributed by atoms with Gasteiger partial charge in [-0.15, -0.1) is 0 Å². The van der Waals surface area contributed by atoms with Crippen LogP contribution in [0.5, 0.6) is 0 Å². The average molecular weight is 781 g/mol. The van der Waals surface area contributed by atoms with E-state index in [1.807, 2.05) is 0 Å². The Hall–Kier alpha value is -3.78.